The van der Waals surface area contributed by atoms with Gasteiger partial charge in [-0.1, -0.05) is 24.6 Å². The van der Waals surface area contributed by atoms with E-state index in [2.05, 4.69) is 27.1 Å². The molecule has 0 saturated carbocycles. The minimum absolute atomic E-state index is 0.360. The third-order valence-electron chi connectivity index (χ3n) is 4.63. The SMILES string of the molecule is CCNC(=NCc1cccc(S(=O)(=O)N2CCCCC2)c1)NCc1cccs1. The van der Waals surface area contributed by atoms with Crippen molar-refractivity contribution >= 4 is 27.3 Å². The summed E-state index contributed by atoms with van der Waals surface area (Å²) in [6.45, 7) is 5.15. The summed E-state index contributed by atoms with van der Waals surface area (Å²) in [5.41, 5.74) is 0.881. The summed E-state index contributed by atoms with van der Waals surface area (Å²) >= 11 is 1.70. The molecule has 1 aromatic heterocycles. The fourth-order valence-electron chi connectivity index (χ4n) is 3.15. The van der Waals surface area contributed by atoms with Gasteiger partial charge in [0.25, 0.3) is 0 Å². The van der Waals surface area contributed by atoms with Crippen molar-refractivity contribution in [2.24, 2.45) is 4.99 Å². The molecule has 2 N–H and O–H groups in total. The van der Waals surface area contributed by atoms with Crippen LogP contribution in [0.4, 0.5) is 0 Å². The fraction of sp³-hybridized carbons (Fsp3) is 0.450. The van der Waals surface area contributed by atoms with E-state index in [4.69, 9.17) is 0 Å². The van der Waals surface area contributed by atoms with Crippen molar-refractivity contribution in [1.82, 2.24) is 14.9 Å². The molecule has 0 bridgehead atoms. The third-order valence-corrected chi connectivity index (χ3v) is 7.40. The van der Waals surface area contributed by atoms with Crippen molar-refractivity contribution < 1.29 is 8.42 Å². The molecule has 2 heterocycles. The molecule has 0 unspecified atom stereocenters. The smallest absolute Gasteiger partial charge is 0.243 e. The van der Waals surface area contributed by atoms with Crippen molar-refractivity contribution in [3.63, 3.8) is 0 Å². The molecular formula is C20H28N4O2S2. The Morgan fingerprint density at radius 1 is 1.14 bits per heavy atom. The lowest BCUT2D eigenvalue weighted by Gasteiger charge is -2.26. The first-order valence-corrected chi connectivity index (χ1v) is 12.0. The highest BCUT2D eigenvalue weighted by Crippen LogP contribution is 2.21. The van der Waals surface area contributed by atoms with Crippen LogP contribution in [-0.4, -0.2) is 38.3 Å². The number of aliphatic imine (C=N–C) groups is 1. The number of benzene rings is 1. The topological polar surface area (TPSA) is 73.8 Å². The van der Waals surface area contributed by atoms with Gasteiger partial charge in [0, 0.05) is 24.5 Å². The van der Waals surface area contributed by atoms with Crippen LogP contribution in [0, 0.1) is 0 Å². The Morgan fingerprint density at radius 2 is 1.96 bits per heavy atom. The number of hydrogen-bond donors (Lipinski definition) is 2. The zero-order chi connectivity index (χ0) is 19.8. The molecule has 8 heteroatoms. The van der Waals surface area contributed by atoms with E-state index in [1.165, 1.54) is 4.88 Å². The normalized spacial score (nSPS) is 16.1. The van der Waals surface area contributed by atoms with E-state index < -0.39 is 10.0 Å². The Balaban J connectivity index is 1.68. The Hall–Kier alpha value is -1.90. The second-order valence-corrected chi connectivity index (χ2v) is 9.71. The first-order valence-electron chi connectivity index (χ1n) is 9.73. The van der Waals surface area contributed by atoms with E-state index in [1.54, 1.807) is 33.8 Å². The van der Waals surface area contributed by atoms with E-state index in [0.29, 0.717) is 31.1 Å². The molecule has 152 valence electrons. The Labute approximate surface area is 171 Å². The van der Waals surface area contributed by atoms with Crippen LogP contribution in [0.2, 0.25) is 0 Å². The first kappa shape index (κ1) is 20.8. The maximum atomic E-state index is 12.9. The van der Waals surface area contributed by atoms with Gasteiger partial charge in [0.1, 0.15) is 0 Å². The number of piperidine rings is 1. The van der Waals surface area contributed by atoms with Gasteiger partial charge in [-0.3, -0.25) is 0 Å². The average Bonchev–Trinajstić information content (AvgIpc) is 3.24. The quantitative estimate of drug-likeness (QED) is 0.533. The van der Waals surface area contributed by atoms with Gasteiger partial charge in [0.2, 0.25) is 10.0 Å². The van der Waals surface area contributed by atoms with Crippen LogP contribution in [0.15, 0.2) is 51.7 Å². The molecule has 0 radical (unpaired) electrons. The number of sulfonamides is 1. The van der Waals surface area contributed by atoms with E-state index in [0.717, 1.165) is 37.3 Å². The second kappa shape index (κ2) is 10.0. The van der Waals surface area contributed by atoms with Gasteiger partial charge in [0.05, 0.1) is 18.0 Å². The summed E-state index contributed by atoms with van der Waals surface area (Å²) in [4.78, 5) is 6.21. The predicted molar refractivity (Wildman–Crippen MR) is 115 cm³/mol. The van der Waals surface area contributed by atoms with E-state index >= 15 is 0 Å². The highest BCUT2D eigenvalue weighted by molar-refractivity contribution is 7.89. The number of rotatable bonds is 7. The number of guanidine groups is 1. The molecule has 0 spiro atoms. The van der Waals surface area contributed by atoms with Gasteiger partial charge >= 0.3 is 0 Å². The lowest BCUT2D eigenvalue weighted by molar-refractivity contribution is 0.346. The van der Waals surface area contributed by atoms with Crippen LogP contribution in [0.25, 0.3) is 0 Å². The summed E-state index contributed by atoms with van der Waals surface area (Å²) in [5, 5.41) is 8.59. The molecule has 1 aromatic carbocycles. The molecule has 28 heavy (non-hydrogen) atoms. The number of thiophene rings is 1. The van der Waals surface area contributed by atoms with Crippen molar-refractivity contribution in [3.05, 3.63) is 52.2 Å². The van der Waals surface area contributed by atoms with Crippen molar-refractivity contribution in [1.29, 1.82) is 0 Å². The molecule has 1 fully saturated rings. The van der Waals surface area contributed by atoms with Gasteiger partial charge in [0.15, 0.2) is 5.96 Å². The van der Waals surface area contributed by atoms with Gasteiger partial charge < -0.3 is 10.6 Å². The van der Waals surface area contributed by atoms with Gasteiger partial charge in [-0.2, -0.15) is 4.31 Å². The van der Waals surface area contributed by atoms with Gasteiger partial charge in [-0.05, 0) is 48.9 Å². The summed E-state index contributed by atoms with van der Waals surface area (Å²) in [7, 11) is -3.42. The van der Waals surface area contributed by atoms with E-state index in [-0.39, 0.29) is 0 Å². The van der Waals surface area contributed by atoms with Gasteiger partial charge in [-0.25, -0.2) is 13.4 Å². The Kier molecular flexibility index (Phi) is 7.47. The van der Waals surface area contributed by atoms with Crippen LogP contribution < -0.4 is 10.6 Å². The molecule has 0 amide bonds. The lowest BCUT2D eigenvalue weighted by atomic mass is 10.2. The summed E-state index contributed by atoms with van der Waals surface area (Å²) in [6, 6.07) is 11.2. The third kappa shape index (κ3) is 5.56. The molecule has 2 aromatic rings. The maximum Gasteiger partial charge on any atom is 0.243 e. The van der Waals surface area contributed by atoms with Crippen molar-refractivity contribution in [3.8, 4) is 0 Å². The molecule has 1 saturated heterocycles. The zero-order valence-electron chi connectivity index (χ0n) is 16.2. The van der Waals surface area contributed by atoms with Crippen LogP contribution in [0.1, 0.15) is 36.6 Å². The molecule has 1 aliphatic rings. The second-order valence-electron chi connectivity index (χ2n) is 6.74. The maximum absolute atomic E-state index is 12.9. The lowest BCUT2D eigenvalue weighted by Crippen LogP contribution is -2.36. The number of nitrogens with zero attached hydrogens (tertiary/aromatic N) is 2. The standard InChI is InChI=1S/C20H28N4O2S2/c1-2-21-20(23-16-18-9-7-13-27-18)22-15-17-8-6-10-19(14-17)28(25,26)24-11-4-3-5-12-24/h6-10,13-14H,2-5,11-12,15-16H2,1H3,(H2,21,22,23). The largest absolute Gasteiger partial charge is 0.357 e. The van der Waals surface area contributed by atoms with Crippen LogP contribution >= 0.6 is 11.3 Å². The van der Waals surface area contributed by atoms with Crippen LogP contribution in [0.5, 0.6) is 0 Å². The number of nitrogens with one attached hydrogen (secondary N) is 2. The van der Waals surface area contributed by atoms with Gasteiger partial charge in [-0.15, -0.1) is 11.3 Å². The van der Waals surface area contributed by atoms with E-state index in [1.807, 2.05) is 19.1 Å². The minimum Gasteiger partial charge on any atom is -0.357 e. The highest BCUT2D eigenvalue weighted by Gasteiger charge is 2.25. The summed E-state index contributed by atoms with van der Waals surface area (Å²) < 4.78 is 27.4. The van der Waals surface area contributed by atoms with Crippen molar-refractivity contribution in [2.45, 2.75) is 44.2 Å². The monoisotopic (exact) mass is 420 g/mol. The van der Waals surface area contributed by atoms with Crippen molar-refractivity contribution in [2.75, 3.05) is 19.6 Å². The zero-order valence-corrected chi connectivity index (χ0v) is 17.9. The predicted octanol–water partition coefficient (Wildman–Crippen LogP) is 3.18. The average molecular weight is 421 g/mol. The molecule has 6 nitrogen and oxygen atoms in total. The molecule has 3 rings (SSSR count). The first-order chi connectivity index (χ1) is 13.6. The number of hydrogen-bond acceptors (Lipinski definition) is 4. The molecule has 0 aliphatic carbocycles. The summed E-state index contributed by atoms with van der Waals surface area (Å²) in [5.74, 6) is 0.722. The fourth-order valence-corrected chi connectivity index (χ4v) is 5.39. The minimum atomic E-state index is -3.42. The van der Waals surface area contributed by atoms with Crippen LogP contribution in [-0.2, 0) is 23.1 Å². The summed E-state index contributed by atoms with van der Waals surface area (Å²) in [6.07, 6.45) is 2.97. The Morgan fingerprint density at radius 3 is 2.68 bits per heavy atom. The molecule has 0 atom stereocenters. The molecular weight excluding hydrogens is 392 g/mol. The Bertz CT molecular complexity index is 873. The highest BCUT2D eigenvalue weighted by atomic mass is 32.2. The molecule has 1 aliphatic heterocycles. The van der Waals surface area contributed by atoms with Crippen LogP contribution in [0.3, 0.4) is 0 Å². The van der Waals surface area contributed by atoms with E-state index in [9.17, 15) is 8.42 Å².